The van der Waals surface area contributed by atoms with Crippen LogP contribution in [-0.4, -0.2) is 71.7 Å². The number of allylic oxidation sites excluding steroid dienone is 1. The minimum absolute atomic E-state index is 0.229. The maximum atomic E-state index is 12.9. The molecule has 0 saturated heterocycles. The zero-order valence-electron chi connectivity index (χ0n) is 18.8. The number of nitrogens with one attached hydrogen (secondary N) is 1. The van der Waals surface area contributed by atoms with Gasteiger partial charge < -0.3 is 30.3 Å². The molecule has 5 atom stereocenters. The maximum Gasteiger partial charge on any atom is 0.252 e. The Morgan fingerprint density at radius 2 is 1.87 bits per heavy atom. The van der Waals surface area contributed by atoms with Crippen molar-refractivity contribution in [1.82, 2.24) is 5.32 Å². The number of benzene rings is 1. The van der Waals surface area contributed by atoms with Crippen LogP contribution in [0.25, 0.3) is 0 Å². The van der Waals surface area contributed by atoms with E-state index in [0.717, 1.165) is 11.3 Å². The first-order valence-corrected chi connectivity index (χ1v) is 10.4. The minimum Gasteiger partial charge on any atom is -0.387 e. The molecule has 4 N–H and O–H groups in total. The number of likely N-dealkylation sites (N-methyl/N-ethyl adjacent to an activating group) is 1. The molecule has 8 heteroatoms. The molecule has 0 radical (unpaired) electrons. The summed E-state index contributed by atoms with van der Waals surface area (Å²) in [5.41, 5.74) is 1.56. The highest BCUT2D eigenvalue weighted by Gasteiger charge is 2.38. The van der Waals surface area contributed by atoms with E-state index < -0.39 is 36.4 Å². The highest BCUT2D eigenvalue weighted by molar-refractivity contribution is 6.00. The van der Waals surface area contributed by atoms with Crippen LogP contribution in [0, 0.1) is 5.41 Å². The number of aryl methyl sites for hydroxylation is 1. The third kappa shape index (κ3) is 6.36. The number of nitrogens with zero attached hydrogens (tertiary/aromatic N) is 1. The highest BCUT2D eigenvalue weighted by atomic mass is 16.5. The predicted octanol–water partition coefficient (Wildman–Crippen LogP) is 0.780. The Morgan fingerprint density at radius 3 is 2.48 bits per heavy atom. The Balaban J connectivity index is 2.08. The maximum absolute atomic E-state index is 12.9. The average molecular weight is 435 g/mol. The fraction of sp³-hybridized carbons (Fsp3) is 0.565. The number of carbonyl (C=O) groups excluding carboxylic acids is 2. The summed E-state index contributed by atoms with van der Waals surface area (Å²) in [4.78, 5) is 27.1. The monoisotopic (exact) mass is 434 g/mol. The lowest BCUT2D eigenvalue weighted by molar-refractivity contribution is -0.150. The third-order valence-electron chi connectivity index (χ3n) is 5.32. The van der Waals surface area contributed by atoms with Gasteiger partial charge in [-0.25, -0.2) is 0 Å². The molecular weight excluding hydrogens is 400 g/mol. The van der Waals surface area contributed by atoms with Gasteiger partial charge in [0.25, 0.3) is 5.91 Å². The summed E-state index contributed by atoms with van der Waals surface area (Å²) < 4.78 is 5.11. The van der Waals surface area contributed by atoms with Crippen LogP contribution >= 0.6 is 0 Å². The van der Waals surface area contributed by atoms with E-state index in [1.807, 2.05) is 45.0 Å². The van der Waals surface area contributed by atoms with Gasteiger partial charge in [0.15, 0.2) is 6.10 Å². The minimum atomic E-state index is -1.69. The second kappa shape index (κ2) is 10.4. The number of hydrogen-bond acceptors (Lipinski definition) is 6. The molecule has 1 unspecified atom stereocenters. The Morgan fingerprint density at radius 1 is 1.23 bits per heavy atom. The van der Waals surface area contributed by atoms with E-state index in [1.165, 1.54) is 18.1 Å². The van der Waals surface area contributed by atoms with Crippen molar-refractivity contribution in [2.24, 2.45) is 5.41 Å². The van der Waals surface area contributed by atoms with E-state index in [0.29, 0.717) is 12.8 Å². The van der Waals surface area contributed by atoms with Gasteiger partial charge in [-0.1, -0.05) is 51.1 Å². The average Bonchev–Trinajstić information content (AvgIpc) is 2.83. The van der Waals surface area contributed by atoms with Crippen molar-refractivity contribution in [2.45, 2.75) is 64.1 Å². The number of methoxy groups -OCH3 is 1. The topological polar surface area (TPSA) is 119 Å². The molecule has 0 fully saturated rings. The molecule has 2 amide bonds. The number of amides is 2. The summed E-state index contributed by atoms with van der Waals surface area (Å²) in [5.74, 6) is -1.02. The smallest absolute Gasteiger partial charge is 0.252 e. The predicted molar refractivity (Wildman–Crippen MR) is 118 cm³/mol. The Kier molecular flexibility index (Phi) is 8.36. The molecule has 31 heavy (non-hydrogen) atoms. The summed E-state index contributed by atoms with van der Waals surface area (Å²) in [6, 6.07) is 6.72. The SMILES string of the molecule is CO[C@@H](C(=O)NC1CCc2ccccc2N(C)C1=O)[C@H](O)[C@@H](O)[C@H](O)/C=C/C(C)(C)C. The standard InChI is InChI=1S/C23H34N2O6/c1-23(2,3)13-12-17(26)18(27)19(28)20(31-5)21(29)24-15-11-10-14-8-6-7-9-16(14)25(4)22(15)30/h6-9,12-13,15,17-20,26-28H,10-11H2,1-5H3,(H,24,29)/b13-12+/t15?,17-,18+,19-,20-/m1/s1. The second-order valence-electron chi connectivity index (χ2n) is 8.98. The lowest BCUT2D eigenvalue weighted by atomic mass is 9.94. The van der Waals surface area contributed by atoms with Gasteiger partial charge >= 0.3 is 0 Å². The van der Waals surface area contributed by atoms with Crippen molar-refractivity contribution in [2.75, 3.05) is 19.1 Å². The molecule has 172 valence electrons. The van der Waals surface area contributed by atoms with Crippen LogP contribution in [0.3, 0.4) is 0 Å². The molecule has 1 heterocycles. The van der Waals surface area contributed by atoms with Crippen molar-refractivity contribution in [3.8, 4) is 0 Å². The Hall–Kier alpha value is -2.26. The quantitative estimate of drug-likeness (QED) is 0.471. The second-order valence-corrected chi connectivity index (χ2v) is 8.98. The molecule has 8 nitrogen and oxygen atoms in total. The summed E-state index contributed by atoms with van der Waals surface area (Å²) in [6.07, 6.45) is -2.14. The summed E-state index contributed by atoms with van der Waals surface area (Å²) in [6.45, 7) is 5.76. The first-order chi connectivity index (χ1) is 14.5. The number of hydrogen-bond donors (Lipinski definition) is 4. The molecular formula is C23H34N2O6. The van der Waals surface area contributed by atoms with Crippen LogP contribution < -0.4 is 10.2 Å². The lowest BCUT2D eigenvalue weighted by Crippen LogP contribution is -2.55. The van der Waals surface area contributed by atoms with Crippen LogP contribution in [0.4, 0.5) is 5.69 Å². The molecule has 1 aromatic carbocycles. The summed E-state index contributed by atoms with van der Waals surface area (Å²) >= 11 is 0. The van der Waals surface area contributed by atoms with E-state index in [9.17, 15) is 24.9 Å². The van der Waals surface area contributed by atoms with Crippen LogP contribution in [0.1, 0.15) is 32.8 Å². The summed E-state index contributed by atoms with van der Waals surface area (Å²) in [7, 11) is 2.87. The summed E-state index contributed by atoms with van der Waals surface area (Å²) in [5, 5.41) is 33.6. The van der Waals surface area contributed by atoms with Gasteiger partial charge in [-0.15, -0.1) is 0 Å². The largest absolute Gasteiger partial charge is 0.387 e. The molecule has 1 aliphatic heterocycles. The van der Waals surface area contributed by atoms with Crippen LogP contribution in [0.15, 0.2) is 36.4 Å². The van der Waals surface area contributed by atoms with Crippen LogP contribution in [0.5, 0.6) is 0 Å². The van der Waals surface area contributed by atoms with Crippen molar-refractivity contribution >= 4 is 17.5 Å². The number of aliphatic hydroxyl groups excluding tert-OH is 3. The van der Waals surface area contributed by atoms with E-state index in [1.54, 1.807) is 13.1 Å². The lowest BCUT2D eigenvalue weighted by Gasteiger charge is -2.29. The van der Waals surface area contributed by atoms with Crippen molar-refractivity contribution in [1.29, 1.82) is 0 Å². The molecule has 0 aromatic heterocycles. The number of ether oxygens (including phenoxy) is 1. The van der Waals surface area contributed by atoms with Crippen LogP contribution in [0.2, 0.25) is 0 Å². The number of para-hydroxylation sites is 1. The van der Waals surface area contributed by atoms with Crippen molar-refractivity contribution in [3.05, 3.63) is 42.0 Å². The fourth-order valence-electron chi connectivity index (χ4n) is 3.50. The zero-order chi connectivity index (χ0) is 23.3. The normalized spacial score (nSPS) is 21.2. The number of carbonyl (C=O) groups is 2. The number of fused-ring (bicyclic) bond motifs is 1. The molecule has 2 rings (SSSR count). The fourth-order valence-corrected chi connectivity index (χ4v) is 3.50. The molecule has 0 aliphatic carbocycles. The van der Waals surface area contributed by atoms with Gasteiger partial charge in [-0.05, 0) is 29.9 Å². The van der Waals surface area contributed by atoms with E-state index in [2.05, 4.69) is 5.32 Å². The first-order valence-electron chi connectivity index (χ1n) is 10.4. The van der Waals surface area contributed by atoms with E-state index in [-0.39, 0.29) is 11.3 Å². The van der Waals surface area contributed by atoms with E-state index >= 15 is 0 Å². The molecule has 0 saturated carbocycles. The Bertz CT molecular complexity index is 804. The van der Waals surface area contributed by atoms with Gasteiger partial charge in [-0.2, -0.15) is 0 Å². The van der Waals surface area contributed by atoms with Gasteiger partial charge in [0.1, 0.15) is 24.4 Å². The zero-order valence-corrected chi connectivity index (χ0v) is 18.8. The van der Waals surface area contributed by atoms with Gasteiger partial charge in [-0.3, -0.25) is 9.59 Å². The number of rotatable bonds is 7. The molecule has 0 bridgehead atoms. The third-order valence-corrected chi connectivity index (χ3v) is 5.32. The molecule has 1 aromatic rings. The Labute approximate surface area is 183 Å². The number of aliphatic hydroxyl groups is 3. The van der Waals surface area contributed by atoms with E-state index in [4.69, 9.17) is 4.74 Å². The van der Waals surface area contributed by atoms with Gasteiger partial charge in [0.05, 0.1) is 0 Å². The highest BCUT2D eigenvalue weighted by Crippen LogP contribution is 2.26. The van der Waals surface area contributed by atoms with Crippen LogP contribution in [-0.2, 0) is 20.7 Å². The van der Waals surface area contributed by atoms with Gasteiger partial charge in [0, 0.05) is 19.8 Å². The molecule has 0 spiro atoms. The molecule has 1 aliphatic rings. The first kappa shape index (κ1) is 25.0. The van der Waals surface area contributed by atoms with Crippen molar-refractivity contribution in [3.63, 3.8) is 0 Å². The number of anilines is 1. The van der Waals surface area contributed by atoms with Gasteiger partial charge in [0.2, 0.25) is 5.91 Å². The van der Waals surface area contributed by atoms with Crippen molar-refractivity contribution < 1.29 is 29.6 Å².